The molecule has 36 heavy (non-hydrogen) atoms. The number of hydrogen-bond donors (Lipinski definition) is 0. The quantitative estimate of drug-likeness (QED) is 0.131. The maximum atomic E-state index is 5.91. The van der Waals surface area contributed by atoms with Crippen LogP contribution in [0.1, 0.15) is 65.0 Å². The van der Waals surface area contributed by atoms with E-state index in [-0.39, 0.29) is 5.41 Å². The molecule has 0 aliphatic carbocycles. The maximum Gasteiger partial charge on any atom is 0.119 e. The lowest BCUT2D eigenvalue weighted by Crippen LogP contribution is -2.41. The summed E-state index contributed by atoms with van der Waals surface area (Å²) in [7, 11) is 4.47. The van der Waals surface area contributed by atoms with Gasteiger partial charge in [0.1, 0.15) is 31.2 Å². The molecule has 0 unspecified atom stereocenters. The van der Waals surface area contributed by atoms with Gasteiger partial charge in [0.2, 0.25) is 0 Å². The van der Waals surface area contributed by atoms with Crippen molar-refractivity contribution in [3.8, 4) is 11.5 Å². The van der Waals surface area contributed by atoms with Gasteiger partial charge in [-0.05, 0) is 72.1 Å². The standard InChI is InChI=1S/C31H49ClNO3/c1-30(2,3)25-31(4,5)27-12-16-29(17-13-27)36-23-22-34-21-19-33(6,7)24-26-10-14-28(15-11-26)35-20-9-8-18-32/h10-17H,8-9,18-25H2,1-7H3/q+1. The minimum Gasteiger partial charge on any atom is -0.494 e. The molecule has 0 fully saturated rings. The van der Waals surface area contributed by atoms with Crippen LogP contribution in [0.15, 0.2) is 48.5 Å². The van der Waals surface area contributed by atoms with Crippen LogP contribution in [0.2, 0.25) is 0 Å². The molecular weight excluding hydrogens is 470 g/mol. The number of benzene rings is 2. The van der Waals surface area contributed by atoms with Crippen molar-refractivity contribution in [2.45, 2.75) is 65.8 Å². The van der Waals surface area contributed by atoms with Crippen LogP contribution < -0.4 is 9.47 Å². The van der Waals surface area contributed by atoms with Gasteiger partial charge in [-0.1, -0.05) is 46.8 Å². The fourth-order valence-electron chi connectivity index (χ4n) is 4.71. The Morgan fingerprint density at radius 3 is 1.89 bits per heavy atom. The summed E-state index contributed by atoms with van der Waals surface area (Å²) in [5.74, 6) is 2.51. The van der Waals surface area contributed by atoms with Crippen molar-refractivity contribution in [2.75, 3.05) is 52.9 Å². The molecule has 202 valence electrons. The number of rotatable bonds is 16. The first-order valence-corrected chi connectivity index (χ1v) is 13.8. The van der Waals surface area contributed by atoms with Crippen molar-refractivity contribution in [3.63, 3.8) is 0 Å². The van der Waals surface area contributed by atoms with Gasteiger partial charge in [0, 0.05) is 11.4 Å². The molecule has 0 aliphatic heterocycles. The van der Waals surface area contributed by atoms with Gasteiger partial charge in [-0.15, -0.1) is 11.6 Å². The summed E-state index contributed by atoms with van der Waals surface area (Å²) in [6.45, 7) is 16.0. The molecule has 0 atom stereocenters. The Balaban J connectivity index is 1.66. The van der Waals surface area contributed by atoms with Gasteiger partial charge in [-0.2, -0.15) is 0 Å². The zero-order valence-electron chi connectivity index (χ0n) is 23.7. The fourth-order valence-corrected chi connectivity index (χ4v) is 4.90. The molecule has 2 aromatic rings. The van der Waals surface area contributed by atoms with E-state index in [0.717, 1.165) is 54.9 Å². The van der Waals surface area contributed by atoms with Gasteiger partial charge in [0.25, 0.3) is 0 Å². The summed E-state index contributed by atoms with van der Waals surface area (Å²) in [6.07, 6.45) is 3.11. The summed E-state index contributed by atoms with van der Waals surface area (Å²) in [4.78, 5) is 0. The minimum atomic E-state index is 0.144. The lowest BCUT2D eigenvalue weighted by atomic mass is 9.72. The SMILES string of the molecule is CC(C)(C)CC(C)(C)c1ccc(OCCOCC[N+](C)(C)Cc2ccc(OCCCCCl)cc2)cc1. The molecule has 5 heteroatoms. The van der Waals surface area contributed by atoms with Crippen molar-refractivity contribution in [3.05, 3.63) is 59.7 Å². The first-order chi connectivity index (χ1) is 16.9. The van der Waals surface area contributed by atoms with Crippen molar-refractivity contribution < 1.29 is 18.7 Å². The number of halogens is 1. The molecule has 0 heterocycles. The highest BCUT2D eigenvalue weighted by Crippen LogP contribution is 2.36. The van der Waals surface area contributed by atoms with E-state index in [1.807, 2.05) is 0 Å². The van der Waals surface area contributed by atoms with Crippen molar-refractivity contribution >= 4 is 11.6 Å². The van der Waals surface area contributed by atoms with E-state index in [0.29, 0.717) is 31.1 Å². The zero-order valence-corrected chi connectivity index (χ0v) is 24.5. The first-order valence-electron chi connectivity index (χ1n) is 13.3. The van der Waals surface area contributed by atoms with Crippen LogP contribution in [0, 0.1) is 5.41 Å². The van der Waals surface area contributed by atoms with Crippen LogP contribution in [0.4, 0.5) is 0 Å². The monoisotopic (exact) mass is 518 g/mol. The number of hydrogen-bond acceptors (Lipinski definition) is 3. The molecule has 4 nitrogen and oxygen atoms in total. The summed E-state index contributed by atoms with van der Waals surface area (Å²) in [5.41, 5.74) is 3.09. The predicted molar refractivity (Wildman–Crippen MR) is 152 cm³/mol. The van der Waals surface area contributed by atoms with Crippen LogP contribution >= 0.6 is 11.6 Å². The van der Waals surface area contributed by atoms with Crippen LogP contribution in [0.25, 0.3) is 0 Å². The molecule has 2 aromatic carbocycles. The highest BCUT2D eigenvalue weighted by Gasteiger charge is 2.27. The van der Waals surface area contributed by atoms with E-state index in [4.69, 9.17) is 25.8 Å². The minimum absolute atomic E-state index is 0.144. The zero-order chi connectivity index (χ0) is 26.7. The molecule has 0 aliphatic rings. The van der Waals surface area contributed by atoms with E-state index in [9.17, 15) is 0 Å². The van der Waals surface area contributed by atoms with Crippen LogP contribution in [-0.4, -0.2) is 57.4 Å². The molecule has 0 N–H and O–H groups in total. The van der Waals surface area contributed by atoms with Gasteiger partial charge in [0.15, 0.2) is 0 Å². The molecule has 0 aromatic heterocycles. The summed E-state index contributed by atoms with van der Waals surface area (Å²) >= 11 is 5.71. The van der Waals surface area contributed by atoms with Gasteiger partial charge in [-0.25, -0.2) is 0 Å². The maximum absolute atomic E-state index is 5.91. The number of unbranched alkanes of at least 4 members (excludes halogenated alkanes) is 1. The second-order valence-electron chi connectivity index (χ2n) is 12.3. The molecule has 0 saturated carbocycles. The third-order valence-electron chi connectivity index (χ3n) is 6.28. The summed E-state index contributed by atoms with van der Waals surface area (Å²) in [6, 6.07) is 17.0. The fraction of sp³-hybridized carbons (Fsp3) is 0.613. The second kappa shape index (κ2) is 14.3. The molecule has 0 saturated heterocycles. The molecule has 0 radical (unpaired) electrons. The van der Waals surface area contributed by atoms with Crippen molar-refractivity contribution in [1.29, 1.82) is 0 Å². The summed E-state index contributed by atoms with van der Waals surface area (Å²) in [5, 5.41) is 0. The average Bonchev–Trinajstić information content (AvgIpc) is 2.78. The van der Waals surface area contributed by atoms with E-state index in [1.54, 1.807) is 0 Å². The Labute approximate surface area is 225 Å². The van der Waals surface area contributed by atoms with Crippen LogP contribution in [-0.2, 0) is 16.7 Å². The molecular formula is C31H49ClNO3+. The Bertz CT molecular complexity index is 870. The normalized spacial score (nSPS) is 12.6. The molecule has 2 rings (SSSR count). The third kappa shape index (κ3) is 12.0. The lowest BCUT2D eigenvalue weighted by molar-refractivity contribution is -0.904. The van der Waals surface area contributed by atoms with E-state index >= 15 is 0 Å². The van der Waals surface area contributed by atoms with E-state index < -0.39 is 0 Å². The number of alkyl halides is 1. The number of likely N-dealkylation sites (N-methyl/N-ethyl adjacent to an activating group) is 1. The van der Waals surface area contributed by atoms with Crippen molar-refractivity contribution in [1.82, 2.24) is 0 Å². The van der Waals surface area contributed by atoms with Gasteiger partial charge >= 0.3 is 0 Å². The number of quaternary nitrogens is 1. The highest BCUT2D eigenvalue weighted by atomic mass is 35.5. The molecule has 0 spiro atoms. The summed E-state index contributed by atoms with van der Waals surface area (Å²) < 4.78 is 18.4. The number of nitrogens with zero attached hydrogens (tertiary/aromatic N) is 1. The van der Waals surface area contributed by atoms with Gasteiger partial charge < -0.3 is 18.7 Å². The van der Waals surface area contributed by atoms with Crippen LogP contribution in [0.3, 0.4) is 0 Å². The van der Waals surface area contributed by atoms with E-state index in [1.165, 1.54) is 11.1 Å². The molecule has 0 bridgehead atoms. The van der Waals surface area contributed by atoms with Gasteiger partial charge in [0.05, 0.1) is 33.9 Å². The number of ether oxygens (including phenoxy) is 3. The van der Waals surface area contributed by atoms with Crippen LogP contribution in [0.5, 0.6) is 11.5 Å². The average molecular weight is 519 g/mol. The predicted octanol–water partition coefficient (Wildman–Crippen LogP) is 7.47. The van der Waals surface area contributed by atoms with Gasteiger partial charge in [-0.3, -0.25) is 0 Å². The second-order valence-corrected chi connectivity index (χ2v) is 12.7. The topological polar surface area (TPSA) is 27.7 Å². The third-order valence-corrected chi connectivity index (χ3v) is 6.54. The Kier molecular flexibility index (Phi) is 12.1. The Hall–Kier alpha value is -1.75. The first kappa shape index (κ1) is 30.5. The largest absolute Gasteiger partial charge is 0.494 e. The van der Waals surface area contributed by atoms with E-state index in [2.05, 4.69) is 97.2 Å². The molecule has 0 amide bonds. The Morgan fingerprint density at radius 2 is 1.31 bits per heavy atom. The van der Waals surface area contributed by atoms with Crippen molar-refractivity contribution in [2.24, 2.45) is 5.41 Å². The Morgan fingerprint density at radius 1 is 0.722 bits per heavy atom. The smallest absolute Gasteiger partial charge is 0.119 e. The lowest BCUT2D eigenvalue weighted by Gasteiger charge is -2.33. The highest BCUT2D eigenvalue weighted by molar-refractivity contribution is 6.17.